The van der Waals surface area contributed by atoms with Crippen LogP contribution >= 0.6 is 0 Å². The Bertz CT molecular complexity index is 844. The zero-order valence-electron chi connectivity index (χ0n) is 12.0. The van der Waals surface area contributed by atoms with Crippen molar-refractivity contribution in [2.24, 2.45) is 5.10 Å². The second kappa shape index (κ2) is 6.13. The molecule has 1 amide bonds. The first-order valence-electron chi connectivity index (χ1n) is 6.84. The minimum Gasteiger partial charge on any atom is -0.267 e. The van der Waals surface area contributed by atoms with Crippen molar-refractivity contribution >= 4 is 23.0 Å². The third kappa shape index (κ3) is 2.98. The summed E-state index contributed by atoms with van der Waals surface area (Å²) in [6.07, 6.45) is 4.91. The first kappa shape index (κ1) is 13.9. The molecule has 108 valence electrons. The van der Waals surface area contributed by atoms with E-state index in [1.165, 1.54) is 0 Å². The van der Waals surface area contributed by atoms with E-state index in [-0.39, 0.29) is 5.91 Å². The fourth-order valence-electron chi connectivity index (χ4n) is 2.17. The van der Waals surface area contributed by atoms with Crippen LogP contribution in [-0.4, -0.2) is 22.1 Å². The molecule has 0 saturated heterocycles. The van der Waals surface area contributed by atoms with Gasteiger partial charge in [-0.3, -0.25) is 14.8 Å². The largest absolute Gasteiger partial charge is 0.272 e. The molecule has 5 heteroatoms. The van der Waals surface area contributed by atoms with Gasteiger partial charge in [0.25, 0.3) is 5.91 Å². The Labute approximate surface area is 127 Å². The van der Waals surface area contributed by atoms with E-state index in [1.54, 1.807) is 24.7 Å². The standard InChI is InChI=1S/C17H14N4O/c1-12-9-15(14-6-2-3-7-16(14)20-12)17(22)21-19-11-13-5-4-8-18-10-13/h2-11H,1H3,(H,21,22)/b19-11-. The normalized spacial score (nSPS) is 11.0. The number of para-hydroxylation sites is 1. The van der Waals surface area contributed by atoms with Gasteiger partial charge in [0.2, 0.25) is 0 Å². The van der Waals surface area contributed by atoms with E-state index in [4.69, 9.17) is 0 Å². The van der Waals surface area contributed by atoms with Gasteiger partial charge in [0.15, 0.2) is 0 Å². The first-order valence-corrected chi connectivity index (χ1v) is 6.84. The molecule has 0 fully saturated rings. The lowest BCUT2D eigenvalue weighted by atomic mass is 10.1. The number of hydrogen-bond acceptors (Lipinski definition) is 4. The lowest BCUT2D eigenvalue weighted by molar-refractivity contribution is 0.0956. The van der Waals surface area contributed by atoms with Crippen LogP contribution in [0.3, 0.4) is 0 Å². The molecule has 0 radical (unpaired) electrons. The maximum Gasteiger partial charge on any atom is 0.272 e. The maximum atomic E-state index is 12.3. The number of benzene rings is 1. The number of nitrogens with zero attached hydrogens (tertiary/aromatic N) is 3. The van der Waals surface area contributed by atoms with Crippen molar-refractivity contribution in [1.29, 1.82) is 0 Å². The van der Waals surface area contributed by atoms with Crippen LogP contribution in [0.15, 0.2) is 60.0 Å². The fourth-order valence-corrected chi connectivity index (χ4v) is 2.17. The molecule has 1 aromatic carbocycles. The van der Waals surface area contributed by atoms with Gasteiger partial charge in [-0.2, -0.15) is 5.10 Å². The number of hydrogen-bond donors (Lipinski definition) is 1. The Kier molecular flexibility index (Phi) is 3.87. The Morgan fingerprint density at radius 3 is 2.91 bits per heavy atom. The second-order valence-corrected chi connectivity index (χ2v) is 4.81. The number of pyridine rings is 2. The second-order valence-electron chi connectivity index (χ2n) is 4.81. The summed E-state index contributed by atoms with van der Waals surface area (Å²) < 4.78 is 0. The lowest BCUT2D eigenvalue weighted by Crippen LogP contribution is -2.18. The number of aryl methyl sites for hydroxylation is 1. The highest BCUT2D eigenvalue weighted by atomic mass is 16.2. The summed E-state index contributed by atoms with van der Waals surface area (Å²) in [6, 6.07) is 13.0. The molecule has 0 aliphatic carbocycles. The Morgan fingerprint density at radius 2 is 2.09 bits per heavy atom. The topological polar surface area (TPSA) is 67.2 Å². The van der Waals surface area contributed by atoms with Crippen molar-refractivity contribution in [2.75, 3.05) is 0 Å². The van der Waals surface area contributed by atoms with Crippen LogP contribution in [-0.2, 0) is 0 Å². The molecule has 3 aromatic rings. The Balaban J connectivity index is 1.85. The highest BCUT2D eigenvalue weighted by molar-refractivity contribution is 6.06. The summed E-state index contributed by atoms with van der Waals surface area (Å²) in [5.74, 6) is -0.262. The van der Waals surface area contributed by atoms with E-state index in [1.807, 2.05) is 43.3 Å². The minimum absolute atomic E-state index is 0.262. The molecule has 0 aliphatic heterocycles. The van der Waals surface area contributed by atoms with Gasteiger partial charge < -0.3 is 0 Å². The van der Waals surface area contributed by atoms with E-state index in [2.05, 4.69) is 20.5 Å². The fraction of sp³-hybridized carbons (Fsp3) is 0.0588. The quantitative estimate of drug-likeness (QED) is 0.595. The number of nitrogens with one attached hydrogen (secondary N) is 1. The molecular formula is C17H14N4O. The molecule has 0 unspecified atom stereocenters. The first-order chi connectivity index (χ1) is 10.7. The van der Waals surface area contributed by atoms with Crippen LogP contribution < -0.4 is 5.43 Å². The van der Waals surface area contributed by atoms with E-state index in [0.717, 1.165) is 22.2 Å². The molecule has 2 aromatic heterocycles. The van der Waals surface area contributed by atoms with Crippen LogP contribution in [0.1, 0.15) is 21.6 Å². The third-order valence-electron chi connectivity index (χ3n) is 3.15. The van der Waals surface area contributed by atoms with E-state index in [0.29, 0.717) is 5.56 Å². The molecule has 0 atom stereocenters. The van der Waals surface area contributed by atoms with Crippen LogP contribution in [0.25, 0.3) is 10.9 Å². The number of carbonyl (C=O) groups excluding carboxylic acids is 1. The molecule has 22 heavy (non-hydrogen) atoms. The maximum absolute atomic E-state index is 12.3. The van der Waals surface area contributed by atoms with Gasteiger partial charge in [-0.05, 0) is 25.1 Å². The van der Waals surface area contributed by atoms with E-state index >= 15 is 0 Å². The summed E-state index contributed by atoms with van der Waals surface area (Å²) in [7, 11) is 0. The van der Waals surface area contributed by atoms with Gasteiger partial charge in [0.05, 0.1) is 17.3 Å². The molecule has 3 rings (SSSR count). The van der Waals surface area contributed by atoms with Crippen LogP contribution in [0, 0.1) is 6.92 Å². The number of amides is 1. The third-order valence-corrected chi connectivity index (χ3v) is 3.15. The van der Waals surface area contributed by atoms with Crippen molar-refractivity contribution < 1.29 is 4.79 Å². The average Bonchev–Trinajstić information content (AvgIpc) is 2.55. The molecular weight excluding hydrogens is 276 g/mol. The number of hydrazone groups is 1. The van der Waals surface area contributed by atoms with Crippen molar-refractivity contribution in [3.8, 4) is 0 Å². The highest BCUT2D eigenvalue weighted by Gasteiger charge is 2.10. The van der Waals surface area contributed by atoms with E-state index in [9.17, 15) is 4.79 Å². The summed E-state index contributed by atoms with van der Waals surface area (Å²) in [4.78, 5) is 20.7. The summed E-state index contributed by atoms with van der Waals surface area (Å²) >= 11 is 0. The SMILES string of the molecule is Cc1cc(C(=O)N/N=C\c2cccnc2)c2ccccc2n1. The van der Waals surface area contributed by atoms with Crippen LogP contribution in [0.2, 0.25) is 0 Å². The summed E-state index contributed by atoms with van der Waals surface area (Å²) in [5.41, 5.74) is 5.51. The number of rotatable bonds is 3. The van der Waals surface area contributed by atoms with Gasteiger partial charge in [-0.25, -0.2) is 5.43 Å². The van der Waals surface area contributed by atoms with Crippen molar-refractivity contribution in [3.63, 3.8) is 0 Å². The predicted octanol–water partition coefficient (Wildman–Crippen LogP) is 2.70. The van der Waals surface area contributed by atoms with Gasteiger partial charge in [-0.1, -0.05) is 24.3 Å². The smallest absolute Gasteiger partial charge is 0.267 e. The molecule has 2 heterocycles. The van der Waals surface area contributed by atoms with Gasteiger partial charge in [0, 0.05) is 29.0 Å². The van der Waals surface area contributed by atoms with Crippen LogP contribution in [0.4, 0.5) is 0 Å². The Hall–Kier alpha value is -3.08. The summed E-state index contributed by atoms with van der Waals surface area (Å²) in [5, 5.41) is 4.78. The molecule has 5 nitrogen and oxygen atoms in total. The van der Waals surface area contributed by atoms with Crippen molar-refractivity contribution in [1.82, 2.24) is 15.4 Å². The number of fused-ring (bicyclic) bond motifs is 1. The zero-order chi connectivity index (χ0) is 15.4. The van der Waals surface area contributed by atoms with Crippen molar-refractivity contribution in [3.05, 3.63) is 71.7 Å². The van der Waals surface area contributed by atoms with Gasteiger partial charge >= 0.3 is 0 Å². The lowest BCUT2D eigenvalue weighted by Gasteiger charge is -2.06. The molecule has 0 bridgehead atoms. The minimum atomic E-state index is -0.262. The molecule has 1 N–H and O–H groups in total. The van der Waals surface area contributed by atoms with Gasteiger partial charge in [-0.15, -0.1) is 0 Å². The van der Waals surface area contributed by atoms with Gasteiger partial charge in [0.1, 0.15) is 0 Å². The monoisotopic (exact) mass is 290 g/mol. The summed E-state index contributed by atoms with van der Waals surface area (Å²) in [6.45, 7) is 1.86. The Morgan fingerprint density at radius 1 is 1.23 bits per heavy atom. The molecule has 0 aliphatic rings. The highest BCUT2D eigenvalue weighted by Crippen LogP contribution is 2.17. The molecule has 0 spiro atoms. The van der Waals surface area contributed by atoms with Crippen molar-refractivity contribution in [2.45, 2.75) is 6.92 Å². The number of aromatic nitrogens is 2. The zero-order valence-corrected chi connectivity index (χ0v) is 12.0. The molecule has 0 saturated carbocycles. The van der Waals surface area contributed by atoms with Crippen LogP contribution in [0.5, 0.6) is 0 Å². The van der Waals surface area contributed by atoms with E-state index < -0.39 is 0 Å². The number of carbonyl (C=O) groups is 1. The average molecular weight is 290 g/mol. The predicted molar refractivity (Wildman–Crippen MR) is 85.8 cm³/mol.